The molecule has 1 saturated heterocycles. The van der Waals surface area contributed by atoms with Gasteiger partial charge in [0.2, 0.25) is 0 Å². The van der Waals surface area contributed by atoms with Gasteiger partial charge in [0.25, 0.3) is 5.91 Å². The lowest BCUT2D eigenvalue weighted by molar-refractivity contribution is -0.138. The Morgan fingerprint density at radius 1 is 0.947 bits per heavy atom. The Labute approximate surface area is 217 Å². The van der Waals surface area contributed by atoms with Crippen molar-refractivity contribution in [2.45, 2.75) is 46.0 Å². The third-order valence-corrected chi connectivity index (χ3v) is 5.95. The van der Waals surface area contributed by atoms with Crippen molar-refractivity contribution in [2.75, 3.05) is 43.4 Å². The summed E-state index contributed by atoms with van der Waals surface area (Å²) in [7, 11) is 0. The van der Waals surface area contributed by atoms with Crippen LogP contribution in [0, 0.1) is 11.6 Å². The Kier molecular flexibility index (Phi) is 8.98. The smallest absolute Gasteiger partial charge is 0.416 e. The van der Waals surface area contributed by atoms with Gasteiger partial charge in [0.05, 0.1) is 11.3 Å². The van der Waals surface area contributed by atoms with E-state index in [1.165, 1.54) is 12.1 Å². The average molecular weight is 543 g/mol. The van der Waals surface area contributed by atoms with Gasteiger partial charge in [0.15, 0.2) is 5.82 Å². The maximum atomic E-state index is 14.9. The van der Waals surface area contributed by atoms with Crippen LogP contribution in [0.15, 0.2) is 30.3 Å². The molecule has 2 aromatic rings. The first-order valence-corrected chi connectivity index (χ1v) is 12.1. The van der Waals surface area contributed by atoms with Crippen molar-refractivity contribution in [3.8, 4) is 0 Å². The minimum Gasteiger partial charge on any atom is -0.444 e. The molecule has 2 N–H and O–H groups in total. The minimum absolute atomic E-state index is 0.0239. The van der Waals surface area contributed by atoms with Crippen molar-refractivity contribution in [2.24, 2.45) is 0 Å². The summed E-state index contributed by atoms with van der Waals surface area (Å²) < 4.78 is 75.7. The lowest BCUT2D eigenvalue weighted by Gasteiger charge is -2.34. The van der Waals surface area contributed by atoms with E-state index < -0.39 is 52.4 Å². The SMILES string of the molecule is CCN1CCN(Cc2ccc(C(=O)Nc3ccc(F)c(NC(=O)OC(C)(C)C)c3F)cc2C(F)(F)F)CC1. The predicted octanol–water partition coefficient (Wildman–Crippen LogP) is 5.72. The molecular weight excluding hydrogens is 511 g/mol. The van der Waals surface area contributed by atoms with E-state index in [4.69, 9.17) is 4.74 Å². The number of carbonyl (C=O) groups excluding carboxylic acids is 2. The Hall–Kier alpha value is -3.25. The van der Waals surface area contributed by atoms with Crippen LogP contribution in [0.3, 0.4) is 0 Å². The quantitative estimate of drug-likeness (QED) is 0.457. The van der Waals surface area contributed by atoms with E-state index in [0.29, 0.717) is 19.2 Å². The monoisotopic (exact) mass is 542 g/mol. The molecule has 0 saturated carbocycles. The molecule has 0 radical (unpaired) electrons. The van der Waals surface area contributed by atoms with Crippen LogP contribution in [-0.4, -0.2) is 60.1 Å². The second-order valence-electron chi connectivity index (χ2n) is 9.95. The first-order chi connectivity index (χ1) is 17.7. The summed E-state index contributed by atoms with van der Waals surface area (Å²) in [6.07, 6.45) is -5.84. The van der Waals surface area contributed by atoms with Gasteiger partial charge >= 0.3 is 12.3 Å². The van der Waals surface area contributed by atoms with Crippen LogP contribution in [-0.2, 0) is 17.5 Å². The zero-order valence-corrected chi connectivity index (χ0v) is 21.6. The highest BCUT2D eigenvalue weighted by Gasteiger charge is 2.35. The summed E-state index contributed by atoms with van der Waals surface area (Å²) in [6, 6.07) is 4.88. The van der Waals surface area contributed by atoms with Crippen LogP contribution in [0.25, 0.3) is 0 Å². The first kappa shape index (κ1) is 29.3. The maximum Gasteiger partial charge on any atom is 0.416 e. The van der Waals surface area contributed by atoms with Gasteiger partial charge in [-0.2, -0.15) is 13.2 Å². The van der Waals surface area contributed by atoms with Crippen molar-refractivity contribution in [3.63, 3.8) is 0 Å². The number of nitrogens with one attached hydrogen (secondary N) is 2. The fraction of sp³-hybridized carbons (Fsp3) is 0.462. The Bertz CT molecular complexity index is 1170. The standard InChI is InChI=1S/C26H31F5N4O3/c1-5-34-10-12-35(13-11-34)15-17-7-6-16(14-18(17)26(29,30)31)23(36)32-20-9-8-19(27)22(21(20)28)33-24(37)38-25(2,3)4/h6-9,14H,5,10-13,15H2,1-4H3,(H,32,36)(H,33,37). The molecule has 2 amide bonds. The molecule has 38 heavy (non-hydrogen) atoms. The summed E-state index contributed by atoms with van der Waals surface area (Å²) >= 11 is 0. The van der Waals surface area contributed by atoms with E-state index >= 15 is 0 Å². The highest BCUT2D eigenvalue weighted by Crippen LogP contribution is 2.34. The van der Waals surface area contributed by atoms with Crippen molar-refractivity contribution in [1.29, 1.82) is 0 Å². The molecule has 12 heteroatoms. The van der Waals surface area contributed by atoms with E-state index in [1.54, 1.807) is 20.8 Å². The van der Waals surface area contributed by atoms with Gasteiger partial charge in [-0.15, -0.1) is 0 Å². The van der Waals surface area contributed by atoms with Crippen LogP contribution in [0.4, 0.5) is 38.1 Å². The Morgan fingerprint density at radius 3 is 2.16 bits per heavy atom. The van der Waals surface area contributed by atoms with Crippen LogP contribution in [0.2, 0.25) is 0 Å². The van der Waals surface area contributed by atoms with Gasteiger partial charge in [0.1, 0.15) is 17.1 Å². The van der Waals surface area contributed by atoms with Gasteiger partial charge in [-0.3, -0.25) is 15.0 Å². The predicted molar refractivity (Wildman–Crippen MR) is 133 cm³/mol. The second kappa shape index (κ2) is 11.6. The molecule has 208 valence electrons. The molecule has 7 nitrogen and oxygen atoms in total. The number of ether oxygens (including phenoxy) is 1. The molecule has 0 aliphatic carbocycles. The van der Waals surface area contributed by atoms with Crippen LogP contribution < -0.4 is 10.6 Å². The van der Waals surface area contributed by atoms with Crippen molar-refractivity contribution >= 4 is 23.4 Å². The average Bonchev–Trinajstić information content (AvgIpc) is 2.82. The topological polar surface area (TPSA) is 73.9 Å². The normalized spacial score (nSPS) is 15.3. The molecule has 1 aliphatic heterocycles. The summed E-state index contributed by atoms with van der Waals surface area (Å²) in [5.41, 5.74) is -3.64. The number of rotatable bonds is 6. The molecule has 0 aromatic heterocycles. The van der Waals surface area contributed by atoms with Crippen molar-refractivity contribution in [1.82, 2.24) is 9.80 Å². The third kappa shape index (κ3) is 7.64. The minimum atomic E-state index is -4.72. The fourth-order valence-corrected chi connectivity index (χ4v) is 3.99. The molecule has 1 fully saturated rings. The number of nitrogens with zero attached hydrogens (tertiary/aromatic N) is 2. The number of piperazine rings is 1. The number of halogens is 5. The van der Waals surface area contributed by atoms with E-state index in [-0.39, 0.29) is 17.7 Å². The molecular formula is C26H31F5N4O3. The molecule has 0 atom stereocenters. The lowest BCUT2D eigenvalue weighted by Crippen LogP contribution is -2.45. The number of likely N-dealkylation sites (N-methyl/N-ethyl adjacent to an activating group) is 1. The van der Waals surface area contributed by atoms with Crippen LogP contribution in [0.1, 0.15) is 49.2 Å². The van der Waals surface area contributed by atoms with E-state index in [1.807, 2.05) is 17.1 Å². The van der Waals surface area contributed by atoms with Crippen LogP contribution >= 0.6 is 0 Å². The number of benzene rings is 2. The lowest BCUT2D eigenvalue weighted by atomic mass is 10.0. The third-order valence-electron chi connectivity index (χ3n) is 5.95. The van der Waals surface area contributed by atoms with Gasteiger partial charge in [-0.05, 0) is 57.1 Å². The molecule has 1 aliphatic rings. The molecule has 0 bridgehead atoms. The van der Waals surface area contributed by atoms with Crippen LogP contribution in [0.5, 0.6) is 0 Å². The summed E-state index contributed by atoms with van der Waals surface area (Å²) in [4.78, 5) is 28.8. The molecule has 2 aromatic carbocycles. The first-order valence-electron chi connectivity index (χ1n) is 12.1. The van der Waals surface area contributed by atoms with Gasteiger partial charge in [0, 0.05) is 38.3 Å². The summed E-state index contributed by atoms with van der Waals surface area (Å²) in [6.45, 7) is 10.4. The molecule has 0 unspecified atom stereocenters. The Morgan fingerprint density at radius 2 is 1.58 bits per heavy atom. The number of amides is 2. The van der Waals surface area contributed by atoms with E-state index in [9.17, 15) is 31.5 Å². The number of anilines is 2. The zero-order valence-electron chi connectivity index (χ0n) is 21.6. The molecule has 3 rings (SSSR count). The van der Waals surface area contributed by atoms with Gasteiger partial charge in [-0.25, -0.2) is 13.6 Å². The number of hydrogen-bond acceptors (Lipinski definition) is 5. The Balaban J connectivity index is 1.80. The number of alkyl halides is 3. The largest absolute Gasteiger partial charge is 0.444 e. The van der Waals surface area contributed by atoms with E-state index in [2.05, 4.69) is 10.2 Å². The van der Waals surface area contributed by atoms with E-state index in [0.717, 1.165) is 31.8 Å². The fourth-order valence-electron chi connectivity index (χ4n) is 3.99. The number of carbonyl (C=O) groups is 2. The summed E-state index contributed by atoms with van der Waals surface area (Å²) in [5.74, 6) is -3.48. The van der Waals surface area contributed by atoms with Crippen molar-refractivity contribution in [3.05, 3.63) is 58.7 Å². The number of hydrogen-bond donors (Lipinski definition) is 2. The van der Waals surface area contributed by atoms with Gasteiger partial charge < -0.3 is 15.0 Å². The molecule has 0 spiro atoms. The maximum absolute atomic E-state index is 14.9. The summed E-state index contributed by atoms with van der Waals surface area (Å²) in [5, 5.41) is 4.10. The highest BCUT2D eigenvalue weighted by molar-refractivity contribution is 6.05. The molecule has 1 heterocycles. The second-order valence-corrected chi connectivity index (χ2v) is 9.95. The van der Waals surface area contributed by atoms with Gasteiger partial charge in [-0.1, -0.05) is 13.0 Å². The van der Waals surface area contributed by atoms with Crippen molar-refractivity contribution < 1.29 is 36.3 Å². The zero-order chi connectivity index (χ0) is 28.3. The highest BCUT2D eigenvalue weighted by atomic mass is 19.4.